The first kappa shape index (κ1) is 18.7. The molecule has 0 unspecified atom stereocenters. The molecule has 8 heteroatoms. The summed E-state index contributed by atoms with van der Waals surface area (Å²) in [7, 11) is 1.65. The van der Waals surface area contributed by atoms with E-state index in [0.29, 0.717) is 24.9 Å². The zero-order valence-electron chi connectivity index (χ0n) is 15.3. The van der Waals surface area contributed by atoms with Crippen LogP contribution in [0.2, 0.25) is 0 Å². The fourth-order valence-electron chi connectivity index (χ4n) is 3.20. The number of aromatic nitrogens is 4. The molecule has 0 saturated heterocycles. The molecule has 7 nitrogen and oxygen atoms in total. The Kier molecular flexibility index (Phi) is 6.49. The normalized spacial score (nSPS) is 14.5. The third-order valence-electron chi connectivity index (χ3n) is 4.72. The van der Waals surface area contributed by atoms with E-state index < -0.39 is 0 Å². The van der Waals surface area contributed by atoms with Crippen molar-refractivity contribution in [2.75, 3.05) is 19.4 Å². The average molecular weight is 375 g/mol. The maximum Gasteiger partial charge on any atom is 0.233 e. The molecular weight excluding hydrogens is 350 g/mol. The van der Waals surface area contributed by atoms with Gasteiger partial charge in [-0.2, -0.15) is 0 Å². The molecule has 1 saturated carbocycles. The first-order valence-electron chi connectivity index (χ1n) is 9.02. The van der Waals surface area contributed by atoms with Crippen molar-refractivity contribution >= 4 is 17.7 Å². The van der Waals surface area contributed by atoms with Gasteiger partial charge in [0.15, 0.2) is 0 Å². The maximum absolute atomic E-state index is 12.6. The highest BCUT2D eigenvalue weighted by molar-refractivity contribution is 7.99. The molecule has 1 aromatic carbocycles. The van der Waals surface area contributed by atoms with E-state index in [4.69, 9.17) is 4.74 Å². The minimum atomic E-state index is 0.0919. The molecule has 2 aromatic rings. The Morgan fingerprint density at radius 2 is 2.04 bits per heavy atom. The van der Waals surface area contributed by atoms with E-state index in [1.807, 2.05) is 40.8 Å². The molecule has 0 radical (unpaired) electrons. The van der Waals surface area contributed by atoms with Crippen molar-refractivity contribution < 1.29 is 9.53 Å². The summed E-state index contributed by atoms with van der Waals surface area (Å²) in [6, 6.07) is 8.19. The van der Waals surface area contributed by atoms with Crippen molar-refractivity contribution in [3.8, 4) is 5.75 Å². The summed E-state index contributed by atoms with van der Waals surface area (Å²) >= 11 is 1.42. The largest absolute Gasteiger partial charge is 0.497 e. The average Bonchev–Trinajstić information content (AvgIpc) is 3.35. The van der Waals surface area contributed by atoms with Crippen LogP contribution < -0.4 is 4.74 Å². The molecule has 3 rings (SSSR count). The van der Waals surface area contributed by atoms with Crippen LogP contribution in [0.3, 0.4) is 0 Å². The molecule has 1 aliphatic rings. The smallest absolute Gasteiger partial charge is 0.233 e. The van der Waals surface area contributed by atoms with Crippen LogP contribution in [0.5, 0.6) is 5.75 Å². The predicted octanol–water partition coefficient (Wildman–Crippen LogP) is 2.94. The number of hydrogen-bond acceptors (Lipinski definition) is 6. The van der Waals surface area contributed by atoms with E-state index in [1.54, 1.807) is 7.11 Å². The van der Waals surface area contributed by atoms with E-state index in [9.17, 15) is 4.79 Å². The number of methoxy groups -OCH3 is 1. The number of ether oxygens (including phenoxy) is 1. The third kappa shape index (κ3) is 4.55. The molecule has 140 valence electrons. The Hall–Kier alpha value is -2.09. The van der Waals surface area contributed by atoms with Gasteiger partial charge in [0.2, 0.25) is 11.1 Å². The summed E-state index contributed by atoms with van der Waals surface area (Å²) in [4.78, 5) is 14.5. The van der Waals surface area contributed by atoms with E-state index in [1.165, 1.54) is 24.6 Å². The highest BCUT2D eigenvalue weighted by atomic mass is 32.2. The number of thioether (sulfide) groups is 1. The summed E-state index contributed by atoms with van der Waals surface area (Å²) in [6.45, 7) is 3.25. The summed E-state index contributed by atoms with van der Waals surface area (Å²) in [5, 5.41) is 12.8. The van der Waals surface area contributed by atoms with Crippen molar-refractivity contribution in [2.24, 2.45) is 0 Å². The van der Waals surface area contributed by atoms with Crippen LogP contribution in [-0.2, 0) is 11.3 Å². The summed E-state index contributed by atoms with van der Waals surface area (Å²) < 4.78 is 7.07. The molecule has 0 spiro atoms. The Bertz CT molecular complexity index is 713. The SMILES string of the molecule is CCN(Cc1ccc(OC)cc1)C(=O)CSc1nnnn1C1CCCC1. The topological polar surface area (TPSA) is 73.1 Å². The number of hydrogen-bond donors (Lipinski definition) is 0. The lowest BCUT2D eigenvalue weighted by Gasteiger charge is -2.21. The van der Waals surface area contributed by atoms with Gasteiger partial charge in [-0.1, -0.05) is 36.7 Å². The molecule has 0 N–H and O–H groups in total. The summed E-state index contributed by atoms with van der Waals surface area (Å²) in [5.74, 6) is 1.25. The van der Waals surface area contributed by atoms with Crippen molar-refractivity contribution in [3.05, 3.63) is 29.8 Å². The first-order valence-corrected chi connectivity index (χ1v) is 10.0. The van der Waals surface area contributed by atoms with Crippen molar-refractivity contribution in [1.29, 1.82) is 0 Å². The first-order chi connectivity index (χ1) is 12.7. The van der Waals surface area contributed by atoms with Gasteiger partial charge in [-0.05, 0) is 47.9 Å². The molecule has 1 heterocycles. The molecule has 0 bridgehead atoms. The van der Waals surface area contributed by atoms with Crippen LogP contribution in [0.15, 0.2) is 29.4 Å². The standard InChI is InChI=1S/C18H25N5O2S/c1-3-22(12-14-8-10-16(25-2)11-9-14)17(24)13-26-18-19-20-21-23(18)15-6-4-5-7-15/h8-11,15H,3-7,12-13H2,1-2H3. The van der Waals surface area contributed by atoms with Crippen LogP contribution in [0, 0.1) is 0 Å². The zero-order valence-corrected chi connectivity index (χ0v) is 16.1. The minimum Gasteiger partial charge on any atom is -0.497 e. The molecule has 0 atom stereocenters. The maximum atomic E-state index is 12.6. The van der Waals surface area contributed by atoms with Gasteiger partial charge in [0.1, 0.15) is 5.75 Å². The Morgan fingerprint density at radius 3 is 2.69 bits per heavy atom. The predicted molar refractivity (Wildman–Crippen MR) is 100 cm³/mol. The fraction of sp³-hybridized carbons (Fsp3) is 0.556. The molecule has 1 amide bonds. The Balaban J connectivity index is 1.56. The van der Waals surface area contributed by atoms with Crippen LogP contribution in [0.4, 0.5) is 0 Å². The second-order valence-corrected chi connectivity index (χ2v) is 7.33. The van der Waals surface area contributed by atoms with E-state index in [0.717, 1.165) is 29.3 Å². The zero-order chi connectivity index (χ0) is 18.4. The van der Waals surface area contributed by atoms with Gasteiger partial charge in [0.05, 0.1) is 18.9 Å². The number of rotatable bonds is 8. The number of carbonyl (C=O) groups is 1. The fourth-order valence-corrected chi connectivity index (χ4v) is 4.05. The lowest BCUT2D eigenvalue weighted by atomic mass is 10.2. The van der Waals surface area contributed by atoms with Crippen molar-refractivity contribution in [1.82, 2.24) is 25.1 Å². The second kappa shape index (κ2) is 9.02. The van der Waals surface area contributed by atoms with Crippen molar-refractivity contribution in [3.63, 3.8) is 0 Å². The van der Waals surface area contributed by atoms with Gasteiger partial charge in [0, 0.05) is 13.1 Å². The number of benzene rings is 1. The number of tetrazole rings is 1. The van der Waals surface area contributed by atoms with Gasteiger partial charge in [-0.15, -0.1) is 5.10 Å². The van der Waals surface area contributed by atoms with Crippen LogP contribution in [-0.4, -0.2) is 50.4 Å². The van der Waals surface area contributed by atoms with Crippen molar-refractivity contribution in [2.45, 2.75) is 50.4 Å². The molecule has 1 aromatic heterocycles. The van der Waals surface area contributed by atoms with Gasteiger partial charge < -0.3 is 9.64 Å². The van der Waals surface area contributed by atoms with Crippen LogP contribution >= 0.6 is 11.8 Å². The number of carbonyl (C=O) groups excluding carboxylic acids is 1. The van der Waals surface area contributed by atoms with Gasteiger partial charge in [-0.25, -0.2) is 4.68 Å². The van der Waals surface area contributed by atoms with E-state index in [-0.39, 0.29) is 5.91 Å². The van der Waals surface area contributed by atoms with E-state index in [2.05, 4.69) is 15.5 Å². The molecule has 26 heavy (non-hydrogen) atoms. The number of nitrogens with zero attached hydrogens (tertiary/aromatic N) is 5. The Morgan fingerprint density at radius 1 is 1.31 bits per heavy atom. The van der Waals surface area contributed by atoms with Gasteiger partial charge in [-0.3, -0.25) is 4.79 Å². The molecule has 1 fully saturated rings. The highest BCUT2D eigenvalue weighted by Gasteiger charge is 2.22. The van der Waals surface area contributed by atoms with Gasteiger partial charge in [0.25, 0.3) is 0 Å². The van der Waals surface area contributed by atoms with E-state index >= 15 is 0 Å². The summed E-state index contributed by atoms with van der Waals surface area (Å²) in [6.07, 6.45) is 4.67. The second-order valence-electron chi connectivity index (χ2n) is 6.39. The number of amides is 1. The lowest BCUT2D eigenvalue weighted by Crippen LogP contribution is -2.31. The minimum absolute atomic E-state index is 0.0919. The molecule has 0 aliphatic heterocycles. The van der Waals surface area contributed by atoms with Crippen LogP contribution in [0.25, 0.3) is 0 Å². The highest BCUT2D eigenvalue weighted by Crippen LogP contribution is 2.31. The third-order valence-corrected chi connectivity index (χ3v) is 5.64. The van der Waals surface area contributed by atoms with Gasteiger partial charge >= 0.3 is 0 Å². The molecule has 1 aliphatic carbocycles. The summed E-state index contributed by atoms with van der Waals surface area (Å²) in [5.41, 5.74) is 1.08. The molecular formula is C18H25N5O2S. The lowest BCUT2D eigenvalue weighted by molar-refractivity contribution is -0.128. The Labute approximate surface area is 158 Å². The quantitative estimate of drug-likeness (QED) is 0.661. The monoisotopic (exact) mass is 375 g/mol. The van der Waals surface area contributed by atoms with Crippen LogP contribution in [0.1, 0.15) is 44.2 Å².